The Hall–Kier alpha value is 1.00. The van der Waals surface area contributed by atoms with Gasteiger partial charge < -0.3 is 0 Å². The minimum absolute atomic E-state index is 0.860. The highest BCUT2D eigenvalue weighted by Gasteiger charge is 2.23. The van der Waals surface area contributed by atoms with Crippen molar-refractivity contribution < 1.29 is 0 Å². The molecule has 0 radical (unpaired) electrons. The molecule has 1 aliphatic rings. The molecule has 8 heavy (non-hydrogen) atoms. The molecule has 0 saturated carbocycles. The second-order valence-electron chi connectivity index (χ2n) is 2.65. The van der Waals surface area contributed by atoms with E-state index in [1.54, 1.807) is 0 Å². The molecule has 1 aliphatic heterocycles. The first-order valence-electron chi connectivity index (χ1n) is 2.91. The van der Waals surface area contributed by atoms with Gasteiger partial charge in [0.25, 0.3) is 0 Å². The highest BCUT2D eigenvalue weighted by Crippen LogP contribution is 2.58. The fraction of sp³-hybridized carbons (Fsp3) is 1.00. The summed E-state index contributed by atoms with van der Waals surface area (Å²) in [5, 5.41) is -1.07. The molecule has 1 fully saturated rings. The van der Waals surface area contributed by atoms with E-state index in [0.29, 0.717) is 0 Å². The molecule has 0 aliphatic carbocycles. The van der Waals surface area contributed by atoms with Crippen LogP contribution in [0.25, 0.3) is 0 Å². The third kappa shape index (κ3) is 1.75. The normalized spacial score (nSPS) is 47.5. The van der Waals surface area contributed by atoms with Crippen molar-refractivity contribution in [2.24, 2.45) is 5.92 Å². The Labute approximate surface area is 61.2 Å². The van der Waals surface area contributed by atoms with Crippen LogP contribution in [0, 0.1) is 5.92 Å². The van der Waals surface area contributed by atoms with Crippen molar-refractivity contribution >= 4 is 29.3 Å². The van der Waals surface area contributed by atoms with Crippen LogP contribution in [-0.2, 0) is 11.8 Å². The second-order valence-corrected chi connectivity index (χ2v) is 10.4. The standard InChI is InChI=1S/C5H11PS2/c1-5-2-3-6(7,8)4-5/h5H,2-4H2,1H3,(H,7,8). The Balaban J connectivity index is 2.57. The van der Waals surface area contributed by atoms with Gasteiger partial charge in [-0.1, -0.05) is 18.7 Å². The topological polar surface area (TPSA) is 0 Å². The fourth-order valence-corrected chi connectivity index (χ4v) is 5.54. The molecule has 3 heteroatoms. The third-order valence-electron chi connectivity index (χ3n) is 1.57. The monoisotopic (exact) mass is 166 g/mol. The molecule has 0 N–H and O–H groups in total. The number of rotatable bonds is 0. The zero-order valence-electron chi connectivity index (χ0n) is 5.00. The molecule has 0 aromatic rings. The lowest BCUT2D eigenvalue weighted by molar-refractivity contribution is 0.669. The summed E-state index contributed by atoms with van der Waals surface area (Å²) in [7, 11) is 0. The molecule has 0 amide bonds. The van der Waals surface area contributed by atoms with Gasteiger partial charge in [-0.3, -0.25) is 0 Å². The van der Waals surface area contributed by atoms with Crippen LogP contribution >= 0.6 is 17.5 Å². The van der Waals surface area contributed by atoms with Crippen LogP contribution in [0.2, 0.25) is 0 Å². The van der Waals surface area contributed by atoms with E-state index in [1.807, 2.05) is 0 Å². The summed E-state index contributed by atoms with van der Waals surface area (Å²) in [6, 6.07) is 0. The lowest BCUT2D eigenvalue weighted by Crippen LogP contribution is -1.86. The van der Waals surface area contributed by atoms with Crippen LogP contribution in [0.4, 0.5) is 0 Å². The van der Waals surface area contributed by atoms with Crippen LogP contribution in [0.15, 0.2) is 0 Å². The molecule has 1 rings (SSSR count). The average Bonchev–Trinajstić information content (AvgIpc) is 1.82. The molecule has 48 valence electrons. The van der Waals surface area contributed by atoms with Gasteiger partial charge in [0.1, 0.15) is 0 Å². The number of hydrogen-bond donors (Lipinski definition) is 1. The van der Waals surface area contributed by atoms with Crippen molar-refractivity contribution in [3.63, 3.8) is 0 Å². The SMILES string of the molecule is CC1CCP(=S)(S)C1. The van der Waals surface area contributed by atoms with Crippen molar-refractivity contribution in [2.75, 3.05) is 12.3 Å². The molecule has 1 heterocycles. The van der Waals surface area contributed by atoms with E-state index in [-0.39, 0.29) is 0 Å². The summed E-state index contributed by atoms with van der Waals surface area (Å²) in [5.74, 6) is 0.860. The van der Waals surface area contributed by atoms with Crippen LogP contribution in [0.5, 0.6) is 0 Å². The van der Waals surface area contributed by atoms with Gasteiger partial charge in [-0.2, -0.15) is 0 Å². The minimum atomic E-state index is -1.07. The molecule has 0 aromatic carbocycles. The van der Waals surface area contributed by atoms with Gasteiger partial charge in [-0.25, -0.2) is 0 Å². The Morgan fingerprint density at radius 3 is 2.50 bits per heavy atom. The molecule has 0 bridgehead atoms. The van der Waals surface area contributed by atoms with Crippen molar-refractivity contribution in [3.05, 3.63) is 0 Å². The lowest BCUT2D eigenvalue weighted by Gasteiger charge is -2.03. The zero-order valence-corrected chi connectivity index (χ0v) is 7.61. The Morgan fingerprint density at radius 1 is 1.75 bits per heavy atom. The molecule has 0 spiro atoms. The summed E-state index contributed by atoms with van der Waals surface area (Å²) < 4.78 is 0. The molecular formula is C5H11PS2. The number of thiol groups is 1. The largest absolute Gasteiger partial charge is 0.141 e. The minimum Gasteiger partial charge on any atom is -0.141 e. The lowest BCUT2D eigenvalue weighted by atomic mass is 10.2. The maximum atomic E-state index is 5.26. The van der Waals surface area contributed by atoms with Crippen molar-refractivity contribution in [1.29, 1.82) is 0 Å². The van der Waals surface area contributed by atoms with Crippen LogP contribution in [0.1, 0.15) is 13.3 Å². The van der Waals surface area contributed by atoms with Crippen molar-refractivity contribution in [2.45, 2.75) is 13.3 Å². The summed E-state index contributed by atoms with van der Waals surface area (Å²) in [6.45, 7) is 2.27. The Morgan fingerprint density at radius 2 is 2.38 bits per heavy atom. The van der Waals surface area contributed by atoms with Gasteiger partial charge in [0.05, 0.1) is 0 Å². The molecule has 1 saturated heterocycles. The summed E-state index contributed by atoms with van der Waals surface area (Å²) in [5.41, 5.74) is 0. The van der Waals surface area contributed by atoms with E-state index in [0.717, 1.165) is 5.92 Å². The van der Waals surface area contributed by atoms with Crippen LogP contribution in [0.3, 0.4) is 0 Å². The molecular weight excluding hydrogens is 155 g/mol. The first-order chi connectivity index (χ1) is 3.60. The van der Waals surface area contributed by atoms with Gasteiger partial charge in [0.15, 0.2) is 0 Å². The van der Waals surface area contributed by atoms with E-state index < -0.39 is 5.24 Å². The summed E-state index contributed by atoms with van der Waals surface area (Å²) in [4.78, 5) is 0. The third-order valence-corrected chi connectivity index (χ3v) is 5.80. The predicted molar refractivity (Wildman–Crippen MR) is 46.8 cm³/mol. The highest BCUT2D eigenvalue weighted by molar-refractivity contribution is 8.63. The Bertz CT molecular complexity index is 132. The van der Waals surface area contributed by atoms with Gasteiger partial charge in [0.2, 0.25) is 0 Å². The van der Waals surface area contributed by atoms with E-state index >= 15 is 0 Å². The second kappa shape index (κ2) is 2.32. The zero-order chi connectivity index (χ0) is 6.20. The van der Waals surface area contributed by atoms with E-state index in [4.69, 9.17) is 11.8 Å². The first-order valence-corrected chi connectivity index (χ1v) is 7.23. The smallest absolute Gasteiger partial charge is 0.00370 e. The molecule has 0 nitrogen and oxygen atoms in total. The maximum Gasteiger partial charge on any atom is 0.00370 e. The van der Waals surface area contributed by atoms with Gasteiger partial charge >= 0.3 is 0 Å². The first kappa shape index (κ1) is 7.11. The molecule has 2 atom stereocenters. The number of hydrogen-bond acceptors (Lipinski definition) is 1. The van der Waals surface area contributed by atoms with E-state index in [9.17, 15) is 0 Å². The summed E-state index contributed by atoms with van der Waals surface area (Å²) in [6.07, 6.45) is 3.78. The van der Waals surface area contributed by atoms with Crippen molar-refractivity contribution in [3.8, 4) is 0 Å². The van der Waals surface area contributed by atoms with E-state index in [1.165, 1.54) is 18.7 Å². The average molecular weight is 166 g/mol. The predicted octanol–water partition coefficient (Wildman–Crippen LogP) is 2.35. The van der Waals surface area contributed by atoms with Gasteiger partial charge in [-0.05, 0) is 24.7 Å². The molecule has 2 unspecified atom stereocenters. The summed E-state index contributed by atoms with van der Waals surface area (Å²) >= 11 is 9.70. The Kier molecular flexibility index (Phi) is 2.06. The molecule has 0 aromatic heterocycles. The highest BCUT2D eigenvalue weighted by atomic mass is 32.9. The van der Waals surface area contributed by atoms with Crippen LogP contribution in [-0.4, -0.2) is 12.3 Å². The van der Waals surface area contributed by atoms with Crippen molar-refractivity contribution in [1.82, 2.24) is 0 Å². The maximum absolute atomic E-state index is 5.26. The van der Waals surface area contributed by atoms with Crippen LogP contribution < -0.4 is 0 Å². The quantitative estimate of drug-likeness (QED) is 0.426. The fourth-order valence-electron chi connectivity index (χ4n) is 1.09. The van der Waals surface area contributed by atoms with Gasteiger partial charge in [-0.15, -0.1) is 12.2 Å². The van der Waals surface area contributed by atoms with E-state index in [2.05, 4.69) is 19.2 Å². The van der Waals surface area contributed by atoms with Gasteiger partial charge in [0, 0.05) is 5.24 Å².